The zero-order valence-corrected chi connectivity index (χ0v) is 12.1. The van der Waals surface area contributed by atoms with Crippen LogP contribution in [0.15, 0.2) is 18.2 Å². The van der Waals surface area contributed by atoms with E-state index in [4.69, 9.17) is 10.4 Å². The molecule has 0 spiro atoms. The Morgan fingerprint density at radius 2 is 2.14 bits per heavy atom. The lowest BCUT2D eigenvalue weighted by molar-refractivity contribution is -0.141. The second kappa shape index (κ2) is 7.90. The van der Waals surface area contributed by atoms with Crippen LogP contribution < -0.4 is 10.6 Å². The summed E-state index contributed by atoms with van der Waals surface area (Å²) in [4.78, 5) is 22.4. The lowest BCUT2D eigenvalue weighted by Gasteiger charge is -2.11. The first kappa shape index (κ1) is 16.5. The van der Waals surface area contributed by atoms with Crippen molar-refractivity contribution in [3.8, 4) is 6.07 Å². The Bertz CT molecular complexity index is 564. The van der Waals surface area contributed by atoms with Crippen LogP contribution in [0.3, 0.4) is 0 Å². The van der Waals surface area contributed by atoms with Crippen LogP contribution in [0.5, 0.6) is 0 Å². The summed E-state index contributed by atoms with van der Waals surface area (Å²) in [5, 5.41) is 22.9. The minimum Gasteiger partial charge on any atom is -0.481 e. The molecule has 0 aliphatic carbocycles. The van der Waals surface area contributed by atoms with Gasteiger partial charge >= 0.3 is 12.0 Å². The number of anilines is 1. The van der Waals surface area contributed by atoms with E-state index in [0.717, 1.165) is 5.56 Å². The van der Waals surface area contributed by atoms with Gasteiger partial charge in [-0.25, -0.2) is 4.79 Å². The van der Waals surface area contributed by atoms with Gasteiger partial charge in [-0.1, -0.05) is 13.0 Å². The van der Waals surface area contributed by atoms with E-state index in [1.54, 1.807) is 25.1 Å². The molecule has 0 radical (unpaired) electrons. The van der Waals surface area contributed by atoms with E-state index in [-0.39, 0.29) is 6.03 Å². The van der Waals surface area contributed by atoms with Crippen molar-refractivity contribution in [1.29, 1.82) is 5.26 Å². The Balaban J connectivity index is 2.41. The molecule has 2 amide bonds. The molecular formula is C15H19N3O3. The summed E-state index contributed by atoms with van der Waals surface area (Å²) in [6.45, 7) is 3.88. The first-order valence-corrected chi connectivity index (χ1v) is 6.72. The zero-order valence-electron chi connectivity index (χ0n) is 12.1. The summed E-state index contributed by atoms with van der Waals surface area (Å²) in [6.07, 6.45) is 1.11. The summed E-state index contributed by atoms with van der Waals surface area (Å²) in [5.74, 6) is -1.24. The molecule has 0 aliphatic rings. The van der Waals surface area contributed by atoms with Gasteiger partial charge in [0, 0.05) is 12.2 Å². The van der Waals surface area contributed by atoms with Gasteiger partial charge in [-0.15, -0.1) is 0 Å². The number of carboxylic acid groups (broad SMARTS) is 1. The second-order valence-electron chi connectivity index (χ2n) is 4.90. The highest BCUT2D eigenvalue weighted by Crippen LogP contribution is 2.16. The van der Waals surface area contributed by atoms with Crippen LogP contribution in [0.2, 0.25) is 0 Å². The van der Waals surface area contributed by atoms with Crippen molar-refractivity contribution in [2.24, 2.45) is 5.92 Å². The average molecular weight is 289 g/mol. The molecule has 1 rings (SSSR count). The lowest BCUT2D eigenvalue weighted by Crippen LogP contribution is -2.30. The molecule has 0 saturated carbocycles. The Morgan fingerprint density at radius 1 is 1.43 bits per heavy atom. The molecule has 1 unspecified atom stereocenters. The third-order valence-electron chi connectivity index (χ3n) is 3.14. The summed E-state index contributed by atoms with van der Waals surface area (Å²) >= 11 is 0. The van der Waals surface area contributed by atoms with Crippen LogP contribution in [0.4, 0.5) is 10.5 Å². The van der Waals surface area contributed by atoms with Gasteiger partial charge in [-0.3, -0.25) is 4.79 Å². The number of carbonyl (C=O) groups is 2. The van der Waals surface area contributed by atoms with Crippen molar-refractivity contribution in [2.75, 3.05) is 11.9 Å². The minimum atomic E-state index is -0.830. The number of nitriles is 1. The molecule has 1 aromatic carbocycles. The molecule has 0 saturated heterocycles. The number of carboxylic acids is 1. The Labute approximate surface area is 123 Å². The van der Waals surface area contributed by atoms with E-state index < -0.39 is 11.9 Å². The first-order valence-electron chi connectivity index (χ1n) is 6.72. The zero-order chi connectivity index (χ0) is 15.8. The third kappa shape index (κ3) is 5.53. The van der Waals surface area contributed by atoms with Gasteiger partial charge in [0.15, 0.2) is 0 Å². The number of amides is 2. The predicted molar refractivity (Wildman–Crippen MR) is 78.9 cm³/mol. The van der Waals surface area contributed by atoms with E-state index >= 15 is 0 Å². The summed E-state index contributed by atoms with van der Waals surface area (Å²) in [7, 11) is 0. The second-order valence-corrected chi connectivity index (χ2v) is 4.90. The smallest absolute Gasteiger partial charge is 0.319 e. The van der Waals surface area contributed by atoms with Crippen LogP contribution in [0, 0.1) is 24.2 Å². The van der Waals surface area contributed by atoms with Crippen LogP contribution in [0.1, 0.15) is 30.9 Å². The highest BCUT2D eigenvalue weighted by atomic mass is 16.4. The summed E-state index contributed by atoms with van der Waals surface area (Å²) in [6, 6.07) is 6.72. The monoisotopic (exact) mass is 289 g/mol. The number of aryl methyl sites for hydroxylation is 1. The van der Waals surface area contributed by atoms with E-state index in [1.165, 1.54) is 0 Å². The van der Waals surface area contributed by atoms with E-state index in [1.807, 2.05) is 13.0 Å². The standard InChI is InChI=1S/C15H19N3O3/c1-10-5-6-12(9-16)8-13(10)18-15(21)17-7-3-4-11(2)14(19)20/h5-6,8,11H,3-4,7H2,1-2H3,(H,19,20)(H2,17,18,21). The number of hydrogen-bond acceptors (Lipinski definition) is 3. The molecule has 112 valence electrons. The number of nitrogens with zero attached hydrogens (tertiary/aromatic N) is 1. The van der Waals surface area contributed by atoms with Crippen LogP contribution in [-0.4, -0.2) is 23.7 Å². The Morgan fingerprint density at radius 3 is 2.76 bits per heavy atom. The normalized spacial score (nSPS) is 11.3. The minimum absolute atomic E-state index is 0.365. The number of rotatable bonds is 6. The number of hydrogen-bond donors (Lipinski definition) is 3. The highest BCUT2D eigenvalue weighted by molar-refractivity contribution is 5.90. The molecule has 0 bridgehead atoms. The maximum atomic E-state index is 11.7. The SMILES string of the molecule is Cc1ccc(C#N)cc1NC(=O)NCCCC(C)C(=O)O. The topological polar surface area (TPSA) is 102 Å². The molecule has 3 N–H and O–H groups in total. The Hall–Kier alpha value is -2.55. The highest BCUT2D eigenvalue weighted by Gasteiger charge is 2.10. The molecule has 1 atom stereocenters. The quantitative estimate of drug-likeness (QED) is 0.700. The van der Waals surface area contributed by atoms with Crippen molar-refractivity contribution in [2.45, 2.75) is 26.7 Å². The largest absolute Gasteiger partial charge is 0.481 e. The predicted octanol–water partition coefficient (Wildman–Crippen LogP) is 2.49. The number of carbonyl (C=O) groups excluding carboxylic acids is 1. The Kier molecular flexibility index (Phi) is 6.21. The molecule has 21 heavy (non-hydrogen) atoms. The van der Waals surface area contributed by atoms with Gasteiger partial charge < -0.3 is 15.7 Å². The van der Waals surface area contributed by atoms with Crippen LogP contribution >= 0.6 is 0 Å². The number of aliphatic carboxylic acids is 1. The van der Waals surface area contributed by atoms with Gasteiger partial charge in [0.05, 0.1) is 17.6 Å². The third-order valence-corrected chi connectivity index (χ3v) is 3.14. The molecule has 0 aromatic heterocycles. The van der Waals surface area contributed by atoms with Gasteiger partial charge in [0.2, 0.25) is 0 Å². The molecule has 6 heteroatoms. The molecular weight excluding hydrogens is 270 g/mol. The average Bonchev–Trinajstić information content (AvgIpc) is 2.45. The van der Waals surface area contributed by atoms with E-state index in [2.05, 4.69) is 10.6 Å². The van der Waals surface area contributed by atoms with E-state index in [0.29, 0.717) is 30.6 Å². The van der Waals surface area contributed by atoms with Crippen molar-refractivity contribution in [3.05, 3.63) is 29.3 Å². The van der Waals surface area contributed by atoms with Crippen LogP contribution in [-0.2, 0) is 4.79 Å². The fourth-order valence-electron chi connectivity index (χ4n) is 1.73. The van der Waals surface area contributed by atoms with Crippen molar-refractivity contribution >= 4 is 17.7 Å². The first-order chi connectivity index (χ1) is 9.93. The van der Waals surface area contributed by atoms with E-state index in [9.17, 15) is 9.59 Å². The summed E-state index contributed by atoms with van der Waals surface area (Å²) < 4.78 is 0. The fourth-order valence-corrected chi connectivity index (χ4v) is 1.73. The maximum Gasteiger partial charge on any atom is 0.319 e. The van der Waals surface area contributed by atoms with Gasteiger partial charge in [-0.2, -0.15) is 5.26 Å². The van der Waals surface area contributed by atoms with Gasteiger partial charge in [0.25, 0.3) is 0 Å². The van der Waals surface area contributed by atoms with Crippen LogP contribution in [0.25, 0.3) is 0 Å². The summed E-state index contributed by atoms with van der Waals surface area (Å²) in [5.41, 5.74) is 1.93. The van der Waals surface area contributed by atoms with Crippen molar-refractivity contribution in [1.82, 2.24) is 5.32 Å². The number of urea groups is 1. The van der Waals surface area contributed by atoms with Crippen molar-refractivity contribution < 1.29 is 14.7 Å². The molecule has 6 nitrogen and oxygen atoms in total. The maximum absolute atomic E-state index is 11.7. The molecule has 1 aromatic rings. The lowest BCUT2D eigenvalue weighted by atomic mass is 10.1. The fraction of sp³-hybridized carbons (Fsp3) is 0.400. The van der Waals surface area contributed by atoms with Gasteiger partial charge in [-0.05, 0) is 37.5 Å². The molecule has 0 aliphatic heterocycles. The van der Waals surface area contributed by atoms with Gasteiger partial charge in [0.1, 0.15) is 0 Å². The number of nitrogens with one attached hydrogen (secondary N) is 2. The van der Waals surface area contributed by atoms with Crippen molar-refractivity contribution in [3.63, 3.8) is 0 Å². The number of benzene rings is 1. The molecule has 0 heterocycles. The molecule has 0 fully saturated rings.